The van der Waals surface area contributed by atoms with Crippen LogP contribution in [0, 0.1) is 0 Å². The van der Waals surface area contributed by atoms with Gasteiger partial charge in [0.05, 0.1) is 17.3 Å². The van der Waals surface area contributed by atoms with Crippen LogP contribution in [0.5, 0.6) is 5.75 Å². The molecule has 1 atom stereocenters. The van der Waals surface area contributed by atoms with Gasteiger partial charge >= 0.3 is 6.18 Å². The van der Waals surface area contributed by atoms with Gasteiger partial charge in [0, 0.05) is 24.3 Å². The van der Waals surface area contributed by atoms with E-state index in [2.05, 4.69) is 21.2 Å². The van der Waals surface area contributed by atoms with Crippen LogP contribution >= 0.6 is 0 Å². The van der Waals surface area contributed by atoms with Crippen LogP contribution in [0.15, 0.2) is 41.5 Å². The van der Waals surface area contributed by atoms with Crippen LogP contribution in [0.25, 0.3) is 11.1 Å². The van der Waals surface area contributed by atoms with Gasteiger partial charge in [-0.3, -0.25) is 4.79 Å². The van der Waals surface area contributed by atoms with Crippen LogP contribution in [0.3, 0.4) is 0 Å². The number of amidine groups is 1. The van der Waals surface area contributed by atoms with Gasteiger partial charge in [0.25, 0.3) is 5.91 Å². The molecule has 7 nitrogen and oxygen atoms in total. The van der Waals surface area contributed by atoms with Gasteiger partial charge in [-0.15, -0.1) is 0 Å². The first kappa shape index (κ1) is 19.7. The number of nitrogens with zero attached hydrogens (tertiary/aromatic N) is 2. The molecule has 31 heavy (non-hydrogen) atoms. The Hall–Kier alpha value is -3.27. The number of anilines is 2. The molecule has 5 rings (SSSR count). The Labute approximate surface area is 176 Å². The first-order chi connectivity index (χ1) is 14.8. The number of halogens is 3. The highest BCUT2D eigenvalue weighted by Gasteiger charge is 2.38. The molecule has 0 radical (unpaired) electrons. The minimum Gasteiger partial charge on any atom is -0.483 e. The van der Waals surface area contributed by atoms with Gasteiger partial charge in [-0.25, -0.2) is 5.43 Å². The third-order valence-corrected chi connectivity index (χ3v) is 5.72. The van der Waals surface area contributed by atoms with Crippen molar-refractivity contribution in [3.05, 3.63) is 42.0 Å². The first-order valence-electron chi connectivity index (χ1n) is 9.93. The van der Waals surface area contributed by atoms with Crippen LogP contribution in [0.1, 0.15) is 12.5 Å². The van der Waals surface area contributed by atoms with Gasteiger partial charge in [-0.1, -0.05) is 18.2 Å². The molecule has 1 fully saturated rings. The molecule has 1 saturated heterocycles. The number of benzene rings is 2. The fourth-order valence-electron chi connectivity index (χ4n) is 3.99. The third-order valence-electron chi connectivity index (χ3n) is 5.72. The number of carbonyl (C=O) groups excluding carboxylic acids is 1. The molecule has 0 aliphatic carbocycles. The fourth-order valence-corrected chi connectivity index (χ4v) is 3.99. The van der Waals surface area contributed by atoms with Crippen molar-refractivity contribution in [2.24, 2.45) is 5.10 Å². The summed E-state index contributed by atoms with van der Waals surface area (Å²) in [5.74, 6) is 0.685. The molecule has 3 aliphatic heterocycles. The number of hydrazone groups is 1. The topological polar surface area (TPSA) is 78.0 Å². The van der Waals surface area contributed by atoms with Crippen LogP contribution in [-0.2, 0) is 11.0 Å². The van der Waals surface area contributed by atoms with E-state index in [9.17, 15) is 18.0 Å². The number of alkyl halides is 3. The second-order valence-electron chi connectivity index (χ2n) is 7.75. The van der Waals surface area contributed by atoms with Crippen molar-refractivity contribution in [1.29, 1.82) is 0 Å². The second kappa shape index (κ2) is 7.16. The molecule has 0 saturated carbocycles. The van der Waals surface area contributed by atoms with Crippen molar-refractivity contribution in [1.82, 2.24) is 10.7 Å². The zero-order valence-electron chi connectivity index (χ0n) is 16.6. The first-order valence-corrected chi connectivity index (χ1v) is 9.93. The predicted octanol–water partition coefficient (Wildman–Crippen LogP) is 2.79. The summed E-state index contributed by atoms with van der Waals surface area (Å²) in [5, 5.41) is 10.6. The van der Waals surface area contributed by atoms with E-state index in [-0.39, 0.29) is 24.1 Å². The van der Waals surface area contributed by atoms with Crippen molar-refractivity contribution in [2.75, 3.05) is 29.9 Å². The zero-order valence-corrected chi connectivity index (χ0v) is 16.6. The lowest BCUT2D eigenvalue weighted by Crippen LogP contribution is -2.55. The normalized spacial score (nSPS) is 20.6. The molecule has 162 valence electrons. The van der Waals surface area contributed by atoms with Gasteiger partial charge in [-0.05, 0) is 30.7 Å². The summed E-state index contributed by atoms with van der Waals surface area (Å²) >= 11 is 0. The summed E-state index contributed by atoms with van der Waals surface area (Å²) in [4.78, 5) is 13.9. The number of rotatable bonds is 3. The molecule has 3 aliphatic rings. The maximum absolute atomic E-state index is 13.7. The van der Waals surface area contributed by atoms with Crippen LogP contribution in [-0.4, -0.2) is 43.5 Å². The highest BCUT2D eigenvalue weighted by atomic mass is 19.4. The van der Waals surface area contributed by atoms with Gasteiger partial charge in [0.2, 0.25) is 0 Å². The van der Waals surface area contributed by atoms with Crippen molar-refractivity contribution in [3.63, 3.8) is 0 Å². The molecule has 10 heteroatoms. The smallest absolute Gasteiger partial charge is 0.417 e. The number of hydrogen-bond acceptors (Lipinski definition) is 6. The minimum absolute atomic E-state index is 0.0695. The number of hydrogen-bond donors (Lipinski definition) is 3. The maximum atomic E-state index is 13.7. The largest absolute Gasteiger partial charge is 0.483 e. The Bertz CT molecular complexity index is 1080. The molecule has 3 heterocycles. The van der Waals surface area contributed by atoms with Gasteiger partial charge < -0.3 is 20.3 Å². The highest BCUT2D eigenvalue weighted by molar-refractivity contribution is 6.10. The average molecular weight is 431 g/mol. The van der Waals surface area contributed by atoms with Crippen molar-refractivity contribution in [3.8, 4) is 16.9 Å². The molecular formula is C21H20F3N5O2. The van der Waals surface area contributed by atoms with E-state index in [1.165, 1.54) is 12.1 Å². The van der Waals surface area contributed by atoms with E-state index < -0.39 is 17.8 Å². The Balaban J connectivity index is 1.68. The van der Waals surface area contributed by atoms with E-state index in [1.54, 1.807) is 30.0 Å². The lowest BCUT2D eigenvalue weighted by Gasteiger charge is -2.39. The quantitative estimate of drug-likeness (QED) is 0.697. The monoisotopic (exact) mass is 431 g/mol. The van der Waals surface area contributed by atoms with Gasteiger partial charge in [0.15, 0.2) is 5.84 Å². The van der Waals surface area contributed by atoms with Gasteiger partial charge in [-0.2, -0.15) is 18.3 Å². The average Bonchev–Trinajstić information content (AvgIpc) is 2.72. The van der Waals surface area contributed by atoms with Crippen LogP contribution in [0.4, 0.5) is 24.5 Å². The summed E-state index contributed by atoms with van der Waals surface area (Å²) in [7, 11) is 0. The number of nitrogens with one attached hydrogen (secondary N) is 3. The molecular weight excluding hydrogens is 411 g/mol. The Morgan fingerprint density at radius 1 is 1.19 bits per heavy atom. The van der Waals surface area contributed by atoms with E-state index in [4.69, 9.17) is 4.74 Å². The second-order valence-corrected chi connectivity index (χ2v) is 7.75. The van der Waals surface area contributed by atoms with Crippen molar-refractivity contribution in [2.45, 2.75) is 25.2 Å². The predicted molar refractivity (Wildman–Crippen MR) is 110 cm³/mol. The zero-order chi connectivity index (χ0) is 21.8. The Morgan fingerprint density at radius 3 is 2.68 bits per heavy atom. The highest BCUT2D eigenvalue weighted by Crippen LogP contribution is 2.46. The molecule has 2 aromatic carbocycles. The number of ether oxygens (including phenoxy) is 1. The number of fused-ring (bicyclic) bond motifs is 3. The summed E-state index contributed by atoms with van der Waals surface area (Å²) < 4.78 is 47.0. The molecule has 2 aromatic rings. The molecule has 0 aromatic heterocycles. The molecule has 1 amide bonds. The summed E-state index contributed by atoms with van der Waals surface area (Å²) in [6.07, 6.45) is -4.50. The molecule has 3 N–H and O–H groups in total. The van der Waals surface area contributed by atoms with E-state index >= 15 is 0 Å². The summed E-state index contributed by atoms with van der Waals surface area (Å²) in [6.45, 7) is 3.28. The number of carbonyl (C=O) groups is 1. The lowest BCUT2D eigenvalue weighted by atomic mass is 9.95. The van der Waals surface area contributed by atoms with Gasteiger partial charge in [0.1, 0.15) is 18.4 Å². The summed E-state index contributed by atoms with van der Waals surface area (Å²) in [5.41, 5.74) is 3.36. The van der Waals surface area contributed by atoms with E-state index in [0.29, 0.717) is 41.6 Å². The standard InChI is InChI=1S/C21H20F3N5O2/c1-11-20(30)28-27-19-10-31-18-6-14(13-4-2-3-5-15(13)21(22,23)24)16(7-17(18)29(11)19)26-12-8-25-9-12/h2-7,11-12,25-26H,8-10H2,1H3,(H,28,30). The van der Waals surface area contributed by atoms with Crippen molar-refractivity contribution >= 4 is 23.1 Å². The van der Waals surface area contributed by atoms with Crippen molar-refractivity contribution < 1.29 is 22.7 Å². The lowest BCUT2D eigenvalue weighted by molar-refractivity contribution is -0.137. The SMILES string of the molecule is CC1C(=O)NN=C2COc3cc(-c4ccccc4C(F)(F)F)c(NC4CNC4)cc3N21. The minimum atomic E-state index is -4.50. The Morgan fingerprint density at radius 2 is 1.97 bits per heavy atom. The Kier molecular flexibility index (Phi) is 4.54. The summed E-state index contributed by atoms with van der Waals surface area (Å²) in [6, 6.07) is 8.43. The number of amides is 1. The molecule has 1 unspecified atom stereocenters. The van der Waals surface area contributed by atoms with E-state index in [1.807, 2.05) is 0 Å². The van der Waals surface area contributed by atoms with Crippen LogP contribution < -0.4 is 25.7 Å². The maximum Gasteiger partial charge on any atom is 0.417 e. The fraction of sp³-hybridized carbons (Fsp3) is 0.333. The van der Waals surface area contributed by atoms with Crippen LogP contribution in [0.2, 0.25) is 0 Å². The molecule has 0 spiro atoms. The third kappa shape index (κ3) is 3.36. The molecule has 0 bridgehead atoms. The van der Waals surface area contributed by atoms with E-state index in [0.717, 1.165) is 6.07 Å².